The van der Waals surface area contributed by atoms with Gasteiger partial charge < -0.3 is 14.8 Å². The number of ether oxygens (including phenoxy) is 2. The quantitative estimate of drug-likeness (QED) is 0.911. The van der Waals surface area contributed by atoms with Gasteiger partial charge in [-0.2, -0.15) is 0 Å². The lowest BCUT2D eigenvalue weighted by molar-refractivity contribution is 0.346. The van der Waals surface area contributed by atoms with Crippen molar-refractivity contribution in [2.24, 2.45) is 0 Å². The Morgan fingerprint density at radius 3 is 2.53 bits per heavy atom. The SMILES string of the molecule is CCc1c(C2CCCCN2)cc(Br)c(OC)c1OC. The van der Waals surface area contributed by atoms with Gasteiger partial charge in [-0.1, -0.05) is 13.3 Å². The Bertz CT molecular complexity index is 442. The normalized spacial score (nSPS) is 19.3. The van der Waals surface area contributed by atoms with Gasteiger partial charge in [-0.15, -0.1) is 0 Å². The summed E-state index contributed by atoms with van der Waals surface area (Å²) < 4.78 is 12.0. The third-order valence-electron chi connectivity index (χ3n) is 3.78. The number of hydrogen-bond acceptors (Lipinski definition) is 3. The summed E-state index contributed by atoms with van der Waals surface area (Å²) in [5.74, 6) is 1.65. The van der Waals surface area contributed by atoms with Gasteiger partial charge in [-0.3, -0.25) is 0 Å². The van der Waals surface area contributed by atoms with Gasteiger partial charge in [0.25, 0.3) is 0 Å². The molecule has 0 spiro atoms. The second-order valence-corrected chi connectivity index (χ2v) is 5.70. The zero-order valence-corrected chi connectivity index (χ0v) is 13.5. The predicted octanol–water partition coefficient (Wildman–Crippen LogP) is 3.84. The first-order valence-corrected chi connectivity index (χ1v) is 7.68. The Morgan fingerprint density at radius 1 is 1.26 bits per heavy atom. The molecule has 1 heterocycles. The molecule has 1 fully saturated rings. The molecular formula is C15H22BrNO2. The lowest BCUT2D eigenvalue weighted by Gasteiger charge is -2.27. The van der Waals surface area contributed by atoms with E-state index in [0.29, 0.717) is 6.04 Å². The molecule has 1 N–H and O–H groups in total. The predicted molar refractivity (Wildman–Crippen MR) is 81.2 cm³/mol. The zero-order chi connectivity index (χ0) is 13.8. The number of benzene rings is 1. The first-order chi connectivity index (χ1) is 9.22. The number of methoxy groups -OCH3 is 2. The fraction of sp³-hybridized carbons (Fsp3) is 0.600. The molecule has 1 aromatic carbocycles. The van der Waals surface area contributed by atoms with Crippen molar-refractivity contribution in [1.82, 2.24) is 5.32 Å². The van der Waals surface area contributed by atoms with Crippen molar-refractivity contribution in [2.45, 2.75) is 38.6 Å². The summed E-state index contributed by atoms with van der Waals surface area (Å²) in [7, 11) is 3.39. The van der Waals surface area contributed by atoms with Crippen LogP contribution >= 0.6 is 15.9 Å². The third kappa shape index (κ3) is 2.90. The summed E-state index contributed by atoms with van der Waals surface area (Å²) in [4.78, 5) is 0. The third-order valence-corrected chi connectivity index (χ3v) is 4.36. The summed E-state index contributed by atoms with van der Waals surface area (Å²) in [6.07, 6.45) is 4.69. The molecule has 19 heavy (non-hydrogen) atoms. The van der Waals surface area contributed by atoms with E-state index in [9.17, 15) is 0 Å². The molecule has 0 bridgehead atoms. The van der Waals surface area contributed by atoms with Crippen LogP contribution in [-0.4, -0.2) is 20.8 Å². The van der Waals surface area contributed by atoms with Crippen molar-refractivity contribution >= 4 is 15.9 Å². The number of rotatable bonds is 4. The van der Waals surface area contributed by atoms with E-state index in [4.69, 9.17) is 9.47 Å². The van der Waals surface area contributed by atoms with Crippen molar-refractivity contribution in [1.29, 1.82) is 0 Å². The van der Waals surface area contributed by atoms with Crippen LogP contribution in [-0.2, 0) is 6.42 Å². The molecule has 1 atom stereocenters. The molecule has 0 radical (unpaired) electrons. The van der Waals surface area contributed by atoms with Gasteiger partial charge in [0.05, 0.1) is 18.7 Å². The Morgan fingerprint density at radius 2 is 2.00 bits per heavy atom. The summed E-state index contributed by atoms with van der Waals surface area (Å²) in [5.41, 5.74) is 2.59. The largest absolute Gasteiger partial charge is 0.493 e. The highest BCUT2D eigenvalue weighted by Gasteiger charge is 2.23. The maximum absolute atomic E-state index is 5.59. The maximum Gasteiger partial charge on any atom is 0.175 e. The van der Waals surface area contributed by atoms with Crippen LogP contribution < -0.4 is 14.8 Å². The minimum atomic E-state index is 0.430. The van der Waals surface area contributed by atoms with E-state index in [-0.39, 0.29) is 0 Å². The smallest absolute Gasteiger partial charge is 0.175 e. The lowest BCUT2D eigenvalue weighted by Crippen LogP contribution is -2.27. The molecule has 1 aliphatic rings. The molecule has 0 aliphatic carbocycles. The molecule has 1 saturated heterocycles. The highest BCUT2D eigenvalue weighted by Crippen LogP contribution is 2.43. The van der Waals surface area contributed by atoms with Gasteiger partial charge in [0, 0.05) is 11.6 Å². The Labute approximate surface area is 123 Å². The van der Waals surface area contributed by atoms with Gasteiger partial charge in [-0.05, 0) is 53.4 Å². The van der Waals surface area contributed by atoms with E-state index in [2.05, 4.69) is 34.2 Å². The van der Waals surface area contributed by atoms with Crippen LogP contribution in [0, 0.1) is 0 Å². The molecular weight excluding hydrogens is 306 g/mol. The number of piperidine rings is 1. The van der Waals surface area contributed by atoms with Crippen LogP contribution in [0.2, 0.25) is 0 Å². The van der Waals surface area contributed by atoms with Gasteiger partial charge in [0.15, 0.2) is 11.5 Å². The standard InChI is InChI=1S/C15H22BrNO2/c1-4-10-11(13-7-5-6-8-17-13)9-12(16)15(19-3)14(10)18-2/h9,13,17H,4-8H2,1-3H3. The van der Waals surface area contributed by atoms with Crippen LogP contribution in [0.4, 0.5) is 0 Å². The van der Waals surface area contributed by atoms with Crippen molar-refractivity contribution < 1.29 is 9.47 Å². The average Bonchev–Trinajstić information content (AvgIpc) is 2.46. The van der Waals surface area contributed by atoms with E-state index < -0.39 is 0 Å². The number of hydrogen-bond donors (Lipinski definition) is 1. The molecule has 0 saturated carbocycles. The number of halogens is 1. The molecule has 1 unspecified atom stereocenters. The van der Waals surface area contributed by atoms with Crippen LogP contribution in [0.3, 0.4) is 0 Å². The molecule has 106 valence electrons. The molecule has 0 amide bonds. The number of nitrogens with one attached hydrogen (secondary N) is 1. The summed E-state index contributed by atoms with van der Waals surface area (Å²) in [6.45, 7) is 3.26. The molecule has 4 heteroatoms. The second-order valence-electron chi connectivity index (χ2n) is 4.85. The summed E-state index contributed by atoms with van der Waals surface area (Å²) in [6, 6.07) is 2.61. The van der Waals surface area contributed by atoms with Gasteiger partial charge in [-0.25, -0.2) is 0 Å². The zero-order valence-electron chi connectivity index (χ0n) is 11.9. The molecule has 3 nitrogen and oxygen atoms in total. The fourth-order valence-electron chi connectivity index (χ4n) is 2.86. The molecule has 1 aromatic rings. The van der Waals surface area contributed by atoms with Crippen molar-refractivity contribution in [3.8, 4) is 11.5 Å². The fourth-order valence-corrected chi connectivity index (χ4v) is 3.45. The monoisotopic (exact) mass is 327 g/mol. The van der Waals surface area contributed by atoms with Crippen LogP contribution in [0.25, 0.3) is 0 Å². The van der Waals surface area contributed by atoms with Crippen LogP contribution in [0.5, 0.6) is 11.5 Å². The summed E-state index contributed by atoms with van der Waals surface area (Å²) >= 11 is 3.60. The Balaban J connectivity index is 2.50. The molecule has 1 aliphatic heterocycles. The first kappa shape index (κ1) is 14.7. The highest BCUT2D eigenvalue weighted by atomic mass is 79.9. The topological polar surface area (TPSA) is 30.5 Å². The van der Waals surface area contributed by atoms with E-state index in [1.165, 1.54) is 30.4 Å². The minimum absolute atomic E-state index is 0.430. The molecule has 2 rings (SSSR count). The lowest BCUT2D eigenvalue weighted by atomic mass is 9.91. The van der Waals surface area contributed by atoms with Gasteiger partial charge >= 0.3 is 0 Å². The van der Waals surface area contributed by atoms with Crippen molar-refractivity contribution in [3.63, 3.8) is 0 Å². The first-order valence-electron chi connectivity index (χ1n) is 6.89. The van der Waals surface area contributed by atoms with Crippen LogP contribution in [0.1, 0.15) is 43.4 Å². The molecule has 0 aromatic heterocycles. The Hall–Kier alpha value is -0.740. The highest BCUT2D eigenvalue weighted by molar-refractivity contribution is 9.10. The van der Waals surface area contributed by atoms with E-state index in [1.807, 2.05) is 0 Å². The van der Waals surface area contributed by atoms with Crippen molar-refractivity contribution in [2.75, 3.05) is 20.8 Å². The van der Waals surface area contributed by atoms with Crippen LogP contribution in [0.15, 0.2) is 10.5 Å². The Kier molecular flexibility index (Phi) is 5.11. The van der Waals surface area contributed by atoms with E-state index in [0.717, 1.165) is 28.9 Å². The van der Waals surface area contributed by atoms with E-state index >= 15 is 0 Å². The summed E-state index contributed by atoms with van der Waals surface area (Å²) in [5, 5.41) is 3.61. The van der Waals surface area contributed by atoms with Gasteiger partial charge in [0.1, 0.15) is 0 Å². The van der Waals surface area contributed by atoms with Gasteiger partial charge in [0.2, 0.25) is 0 Å². The van der Waals surface area contributed by atoms with E-state index in [1.54, 1.807) is 14.2 Å². The minimum Gasteiger partial charge on any atom is -0.493 e. The maximum atomic E-state index is 5.59. The average molecular weight is 328 g/mol. The second kappa shape index (κ2) is 6.62. The van der Waals surface area contributed by atoms with Crippen molar-refractivity contribution in [3.05, 3.63) is 21.7 Å².